The van der Waals surface area contributed by atoms with Crippen LogP contribution in [0.3, 0.4) is 0 Å². The number of ether oxygens (including phenoxy) is 1. The molecule has 6 heteroatoms. The van der Waals surface area contributed by atoms with Gasteiger partial charge in [-0.05, 0) is 50.3 Å². The first-order valence-electron chi connectivity index (χ1n) is 7.16. The van der Waals surface area contributed by atoms with Crippen LogP contribution in [0.1, 0.15) is 44.3 Å². The Kier molecular flexibility index (Phi) is 5.14. The average Bonchev–Trinajstić information content (AvgIpc) is 2.93. The lowest BCUT2D eigenvalue weighted by Gasteiger charge is -2.22. The molecule has 0 aliphatic carbocycles. The smallest absolute Gasteiger partial charge is 0.338 e. The van der Waals surface area contributed by atoms with Gasteiger partial charge in [0.25, 0.3) is 0 Å². The lowest BCUT2D eigenvalue weighted by molar-refractivity contribution is -0.0753. The van der Waals surface area contributed by atoms with Gasteiger partial charge >= 0.3 is 6.03 Å². The van der Waals surface area contributed by atoms with Gasteiger partial charge in [0.1, 0.15) is 5.82 Å². The molecule has 2 amide bonds. The van der Waals surface area contributed by atoms with Gasteiger partial charge in [-0.1, -0.05) is 12.1 Å². The van der Waals surface area contributed by atoms with Crippen LogP contribution in [-0.4, -0.2) is 28.4 Å². The molecule has 0 radical (unpaired) electrons. The van der Waals surface area contributed by atoms with E-state index in [-0.39, 0.29) is 24.1 Å². The van der Waals surface area contributed by atoms with Crippen molar-refractivity contribution in [3.8, 4) is 0 Å². The number of hydrogen-bond acceptors (Lipinski definition) is 3. The summed E-state index contributed by atoms with van der Waals surface area (Å²) in [6.07, 6.45) is 3.24. The molecule has 0 spiro atoms. The van der Waals surface area contributed by atoms with Gasteiger partial charge in [0, 0.05) is 0 Å². The number of carbonyl (C=O) groups excluding carboxylic acids is 1. The van der Waals surface area contributed by atoms with Crippen LogP contribution in [-0.2, 0) is 4.74 Å². The fourth-order valence-corrected chi connectivity index (χ4v) is 2.61. The number of primary amides is 1. The summed E-state index contributed by atoms with van der Waals surface area (Å²) in [5.74, 6) is -0.253. The van der Waals surface area contributed by atoms with E-state index >= 15 is 0 Å². The Morgan fingerprint density at radius 1 is 1.48 bits per heavy atom. The summed E-state index contributed by atoms with van der Waals surface area (Å²) in [5, 5.41) is 9.96. The Hall–Kier alpha value is -1.66. The minimum Gasteiger partial charge on any atom is -0.370 e. The van der Waals surface area contributed by atoms with Gasteiger partial charge in [0.05, 0.1) is 18.2 Å². The van der Waals surface area contributed by atoms with Crippen molar-refractivity contribution in [3.05, 3.63) is 35.6 Å². The summed E-state index contributed by atoms with van der Waals surface area (Å²) in [6.45, 7) is 1.73. The maximum atomic E-state index is 12.9. The Balaban J connectivity index is 1.80. The minimum atomic E-state index is -0.848. The number of rotatable bonds is 5. The standard InChI is InChI=1S/C15H21FN2O3/c1-10(18(20)15(17)19)2-7-13-8-9-14(21-13)11-3-5-12(16)6-4-11/h3-6,10,13-14,20H,2,7-9H2,1H3,(H2,17,19)/t10?,13-,14+/m1/s1. The fourth-order valence-electron chi connectivity index (χ4n) is 2.61. The first-order chi connectivity index (χ1) is 9.97. The molecule has 1 heterocycles. The zero-order valence-corrected chi connectivity index (χ0v) is 12.0. The molecule has 1 saturated heterocycles. The zero-order chi connectivity index (χ0) is 15.4. The van der Waals surface area contributed by atoms with Crippen LogP contribution < -0.4 is 5.73 Å². The number of nitrogens with two attached hydrogens (primary N) is 1. The average molecular weight is 296 g/mol. The topological polar surface area (TPSA) is 75.8 Å². The number of amides is 2. The van der Waals surface area contributed by atoms with Crippen molar-refractivity contribution >= 4 is 6.03 Å². The Labute approximate surface area is 123 Å². The highest BCUT2D eigenvalue weighted by Crippen LogP contribution is 2.34. The molecule has 0 bridgehead atoms. The predicted molar refractivity (Wildman–Crippen MR) is 75.2 cm³/mol. The first-order valence-corrected chi connectivity index (χ1v) is 7.16. The molecular weight excluding hydrogens is 275 g/mol. The van der Waals surface area contributed by atoms with E-state index in [0.29, 0.717) is 11.5 Å². The largest absolute Gasteiger partial charge is 0.370 e. The van der Waals surface area contributed by atoms with Crippen LogP contribution in [0.25, 0.3) is 0 Å². The molecule has 2 rings (SSSR count). The Bertz CT molecular complexity index is 480. The third-order valence-corrected chi connectivity index (χ3v) is 3.90. The van der Waals surface area contributed by atoms with Gasteiger partial charge in [-0.2, -0.15) is 0 Å². The molecular formula is C15H21FN2O3. The van der Waals surface area contributed by atoms with Crippen molar-refractivity contribution in [2.24, 2.45) is 5.73 Å². The van der Waals surface area contributed by atoms with E-state index in [1.54, 1.807) is 19.1 Å². The third kappa shape index (κ3) is 4.15. The monoisotopic (exact) mass is 296 g/mol. The summed E-state index contributed by atoms with van der Waals surface area (Å²) in [7, 11) is 0. The van der Waals surface area contributed by atoms with E-state index < -0.39 is 6.03 Å². The first kappa shape index (κ1) is 15.7. The van der Waals surface area contributed by atoms with Crippen LogP contribution in [0.5, 0.6) is 0 Å². The number of hydrogen-bond donors (Lipinski definition) is 2. The molecule has 5 nitrogen and oxygen atoms in total. The second-order valence-electron chi connectivity index (χ2n) is 5.48. The number of benzene rings is 1. The second-order valence-corrected chi connectivity index (χ2v) is 5.48. The minimum absolute atomic E-state index is 0.00715. The molecule has 0 aromatic heterocycles. The SMILES string of the molecule is CC(CC[C@@H]1CC[C@@H](c2ccc(F)cc2)O1)N(O)C(N)=O. The fraction of sp³-hybridized carbons (Fsp3) is 0.533. The summed E-state index contributed by atoms with van der Waals surface area (Å²) in [6, 6.07) is 5.17. The highest BCUT2D eigenvalue weighted by atomic mass is 19.1. The molecule has 1 aliphatic rings. The molecule has 116 valence electrons. The highest BCUT2D eigenvalue weighted by molar-refractivity contribution is 5.70. The Morgan fingerprint density at radius 2 is 2.14 bits per heavy atom. The molecule has 21 heavy (non-hydrogen) atoms. The molecule has 3 atom stereocenters. The number of halogens is 1. The maximum Gasteiger partial charge on any atom is 0.338 e. The van der Waals surface area contributed by atoms with Gasteiger partial charge in [-0.15, -0.1) is 0 Å². The zero-order valence-electron chi connectivity index (χ0n) is 12.0. The van der Waals surface area contributed by atoms with Crippen molar-refractivity contribution in [1.29, 1.82) is 0 Å². The quantitative estimate of drug-likeness (QED) is 0.648. The van der Waals surface area contributed by atoms with Crippen LogP contribution in [0, 0.1) is 5.82 Å². The van der Waals surface area contributed by atoms with E-state index in [0.717, 1.165) is 24.8 Å². The molecule has 1 aliphatic heterocycles. The van der Waals surface area contributed by atoms with Gasteiger partial charge in [-0.3, -0.25) is 5.21 Å². The van der Waals surface area contributed by atoms with Gasteiger partial charge < -0.3 is 10.5 Å². The van der Waals surface area contributed by atoms with Gasteiger partial charge in [-0.25, -0.2) is 14.2 Å². The Morgan fingerprint density at radius 3 is 2.76 bits per heavy atom. The molecule has 3 N–H and O–H groups in total. The van der Waals surface area contributed by atoms with Crippen molar-refractivity contribution in [2.75, 3.05) is 0 Å². The van der Waals surface area contributed by atoms with Crippen molar-refractivity contribution < 1.29 is 19.1 Å². The highest BCUT2D eigenvalue weighted by Gasteiger charge is 2.27. The van der Waals surface area contributed by atoms with E-state index in [4.69, 9.17) is 10.5 Å². The van der Waals surface area contributed by atoms with Crippen LogP contribution in [0.4, 0.5) is 9.18 Å². The summed E-state index contributed by atoms with van der Waals surface area (Å²) in [5.41, 5.74) is 5.99. The van der Waals surface area contributed by atoms with Crippen molar-refractivity contribution in [1.82, 2.24) is 5.06 Å². The van der Waals surface area contributed by atoms with E-state index in [9.17, 15) is 14.4 Å². The molecule has 1 unspecified atom stereocenters. The van der Waals surface area contributed by atoms with Crippen LogP contribution >= 0.6 is 0 Å². The van der Waals surface area contributed by atoms with Gasteiger partial charge in [0.15, 0.2) is 0 Å². The number of carbonyl (C=O) groups is 1. The predicted octanol–water partition coefficient (Wildman–Crippen LogP) is 2.98. The summed E-state index contributed by atoms with van der Waals surface area (Å²) in [4.78, 5) is 10.8. The number of urea groups is 1. The normalized spacial score (nSPS) is 23.0. The molecule has 1 fully saturated rings. The lowest BCUT2D eigenvalue weighted by atomic mass is 10.0. The third-order valence-electron chi connectivity index (χ3n) is 3.90. The maximum absolute atomic E-state index is 12.9. The molecule has 1 aromatic carbocycles. The second kappa shape index (κ2) is 6.87. The lowest BCUT2D eigenvalue weighted by Crippen LogP contribution is -2.39. The van der Waals surface area contributed by atoms with E-state index in [1.807, 2.05) is 0 Å². The molecule has 1 aromatic rings. The molecule has 0 saturated carbocycles. The van der Waals surface area contributed by atoms with Crippen molar-refractivity contribution in [3.63, 3.8) is 0 Å². The van der Waals surface area contributed by atoms with Crippen molar-refractivity contribution in [2.45, 2.75) is 50.9 Å². The van der Waals surface area contributed by atoms with E-state index in [2.05, 4.69) is 0 Å². The summed E-state index contributed by atoms with van der Waals surface area (Å²) >= 11 is 0. The van der Waals surface area contributed by atoms with Gasteiger partial charge in [0.2, 0.25) is 0 Å². The number of nitrogens with zero attached hydrogens (tertiary/aromatic N) is 1. The van der Waals surface area contributed by atoms with Crippen LogP contribution in [0.15, 0.2) is 24.3 Å². The summed E-state index contributed by atoms with van der Waals surface area (Å²) < 4.78 is 18.8. The number of hydroxylamine groups is 2. The van der Waals surface area contributed by atoms with Crippen LogP contribution in [0.2, 0.25) is 0 Å². The van der Waals surface area contributed by atoms with E-state index in [1.165, 1.54) is 12.1 Å².